The van der Waals surface area contributed by atoms with E-state index in [1.165, 1.54) is 0 Å². The Morgan fingerprint density at radius 2 is 1.43 bits per heavy atom. The molecule has 8 heteroatoms. The zero-order chi connectivity index (χ0) is 30.7. The second-order valence-electron chi connectivity index (χ2n) is 11.0. The molecule has 0 spiro atoms. The number of aliphatic hydroxyl groups excluding tert-OH is 2. The molecule has 4 aromatic rings. The van der Waals surface area contributed by atoms with Crippen LogP contribution in [0.5, 0.6) is 0 Å². The first-order chi connectivity index (χ1) is 21.5. The van der Waals surface area contributed by atoms with Gasteiger partial charge in [0.15, 0.2) is 6.29 Å². The van der Waals surface area contributed by atoms with Crippen molar-refractivity contribution in [3.8, 4) is 11.1 Å². The smallest absolute Gasteiger partial charge is 0.315 e. The molecular formula is C36H40N2O5S. The molecule has 5 rings (SSSR count). The molecular weight excluding hydrogens is 572 g/mol. The fourth-order valence-electron chi connectivity index (χ4n) is 5.29. The summed E-state index contributed by atoms with van der Waals surface area (Å²) in [6, 6.07) is 33.9. The van der Waals surface area contributed by atoms with Crippen LogP contribution in [0.25, 0.3) is 11.1 Å². The van der Waals surface area contributed by atoms with E-state index in [1.54, 1.807) is 11.8 Å². The summed E-state index contributed by atoms with van der Waals surface area (Å²) in [5, 5.41) is 24.6. The van der Waals surface area contributed by atoms with Crippen LogP contribution >= 0.6 is 11.8 Å². The Balaban J connectivity index is 1.24. The molecule has 1 saturated heterocycles. The molecule has 1 heterocycles. The van der Waals surface area contributed by atoms with Gasteiger partial charge in [0.1, 0.15) is 0 Å². The van der Waals surface area contributed by atoms with E-state index in [4.69, 9.17) is 9.47 Å². The van der Waals surface area contributed by atoms with E-state index in [2.05, 4.69) is 41.8 Å². The third-order valence-electron chi connectivity index (χ3n) is 7.83. The van der Waals surface area contributed by atoms with Crippen molar-refractivity contribution in [2.45, 2.75) is 45.1 Å². The van der Waals surface area contributed by atoms with Gasteiger partial charge in [-0.3, -0.25) is 0 Å². The second-order valence-corrected chi connectivity index (χ2v) is 12.1. The van der Waals surface area contributed by atoms with Crippen LogP contribution in [0.15, 0.2) is 103 Å². The van der Waals surface area contributed by atoms with E-state index in [-0.39, 0.29) is 37.4 Å². The molecule has 44 heavy (non-hydrogen) atoms. The molecule has 4 atom stereocenters. The number of ether oxygens (including phenoxy) is 2. The number of nitrogens with one attached hydrogen (secondary N) is 2. The summed E-state index contributed by atoms with van der Waals surface area (Å²) in [5.41, 5.74) is 7.02. The van der Waals surface area contributed by atoms with Gasteiger partial charge in [-0.1, -0.05) is 104 Å². The fourth-order valence-corrected chi connectivity index (χ4v) is 6.20. The minimum absolute atomic E-state index is 0.00335. The number of hydrogen-bond acceptors (Lipinski definition) is 6. The monoisotopic (exact) mass is 612 g/mol. The minimum Gasteiger partial charge on any atom is -0.396 e. The lowest BCUT2D eigenvalue weighted by atomic mass is 9.91. The van der Waals surface area contributed by atoms with E-state index in [0.717, 1.165) is 44.7 Å². The van der Waals surface area contributed by atoms with Crippen LogP contribution < -0.4 is 10.6 Å². The Morgan fingerprint density at radius 1 is 0.750 bits per heavy atom. The lowest BCUT2D eigenvalue weighted by Crippen LogP contribution is -2.38. The first-order valence-corrected chi connectivity index (χ1v) is 16.1. The van der Waals surface area contributed by atoms with Crippen LogP contribution in [-0.4, -0.2) is 40.5 Å². The molecule has 1 fully saturated rings. The van der Waals surface area contributed by atoms with Crippen molar-refractivity contribution < 1.29 is 24.5 Å². The van der Waals surface area contributed by atoms with Gasteiger partial charge in [-0.05, 0) is 39.4 Å². The number of hydrogen-bond donors (Lipinski definition) is 4. The summed E-state index contributed by atoms with van der Waals surface area (Å²) in [7, 11) is 0. The molecule has 1 aliphatic heterocycles. The Labute approximate surface area is 263 Å². The van der Waals surface area contributed by atoms with Crippen LogP contribution in [0.2, 0.25) is 0 Å². The highest BCUT2D eigenvalue weighted by Crippen LogP contribution is 2.42. The molecule has 230 valence electrons. The van der Waals surface area contributed by atoms with Crippen LogP contribution in [-0.2, 0) is 29.2 Å². The van der Waals surface area contributed by atoms with Gasteiger partial charge in [0.05, 0.1) is 25.4 Å². The van der Waals surface area contributed by atoms with Crippen molar-refractivity contribution in [3.63, 3.8) is 0 Å². The van der Waals surface area contributed by atoms with E-state index in [9.17, 15) is 15.0 Å². The van der Waals surface area contributed by atoms with Gasteiger partial charge in [0.2, 0.25) is 0 Å². The van der Waals surface area contributed by atoms with Crippen LogP contribution in [0, 0.1) is 5.92 Å². The number of aliphatic hydroxyl groups is 2. The molecule has 0 saturated carbocycles. The molecule has 4 aromatic carbocycles. The summed E-state index contributed by atoms with van der Waals surface area (Å²) >= 11 is 1.68. The lowest BCUT2D eigenvalue weighted by Gasteiger charge is -2.41. The van der Waals surface area contributed by atoms with Crippen LogP contribution in [0.1, 0.15) is 47.1 Å². The highest BCUT2D eigenvalue weighted by Gasteiger charge is 2.38. The molecule has 0 aliphatic carbocycles. The topological polar surface area (TPSA) is 100 Å². The minimum atomic E-state index is -0.535. The van der Waals surface area contributed by atoms with Gasteiger partial charge in [-0.2, -0.15) is 11.8 Å². The highest BCUT2D eigenvalue weighted by atomic mass is 32.2. The molecule has 2 amide bonds. The zero-order valence-electron chi connectivity index (χ0n) is 24.9. The van der Waals surface area contributed by atoms with Crippen LogP contribution in [0.4, 0.5) is 4.79 Å². The maximum Gasteiger partial charge on any atom is 0.315 e. The molecule has 4 N–H and O–H groups in total. The van der Waals surface area contributed by atoms with Gasteiger partial charge >= 0.3 is 6.03 Å². The van der Waals surface area contributed by atoms with Gasteiger partial charge in [-0.15, -0.1) is 0 Å². The van der Waals surface area contributed by atoms with Crippen LogP contribution in [0.3, 0.4) is 0 Å². The zero-order valence-corrected chi connectivity index (χ0v) is 25.7. The molecule has 7 nitrogen and oxygen atoms in total. The summed E-state index contributed by atoms with van der Waals surface area (Å²) < 4.78 is 13.0. The highest BCUT2D eigenvalue weighted by molar-refractivity contribution is 7.99. The third-order valence-corrected chi connectivity index (χ3v) is 8.87. The summed E-state index contributed by atoms with van der Waals surface area (Å²) in [5.74, 6) is 1.53. The third kappa shape index (κ3) is 8.49. The van der Waals surface area contributed by atoms with E-state index >= 15 is 0 Å². The van der Waals surface area contributed by atoms with E-state index in [1.807, 2.05) is 78.9 Å². The van der Waals surface area contributed by atoms with Crippen molar-refractivity contribution in [2.24, 2.45) is 5.92 Å². The summed E-state index contributed by atoms with van der Waals surface area (Å²) in [6.45, 7) is 3.18. The first-order valence-electron chi connectivity index (χ1n) is 15.0. The summed E-state index contributed by atoms with van der Waals surface area (Å²) in [6.07, 6.45) is -0.760. The average molecular weight is 613 g/mol. The quantitative estimate of drug-likeness (QED) is 0.139. The predicted molar refractivity (Wildman–Crippen MR) is 175 cm³/mol. The number of rotatable bonds is 12. The molecule has 0 bridgehead atoms. The normalized spacial score (nSPS) is 19.8. The van der Waals surface area contributed by atoms with Gasteiger partial charge < -0.3 is 30.3 Å². The number of carbonyl (C=O) groups is 1. The maximum absolute atomic E-state index is 12.3. The lowest BCUT2D eigenvalue weighted by molar-refractivity contribution is -0.268. The van der Waals surface area contributed by atoms with Crippen molar-refractivity contribution in [1.29, 1.82) is 0 Å². The van der Waals surface area contributed by atoms with Gasteiger partial charge in [0.25, 0.3) is 0 Å². The SMILES string of the molecule is C[C@H]1[C@@H](CSCCO)O[C@@H](c2ccc(-c3cccc(CNC(=O)NCc4ccccc4)c3)cc2)O[C@H]1c1ccc(CO)cc1. The fraction of sp³-hybridized carbons (Fsp3) is 0.306. The number of amides is 2. The Bertz CT molecular complexity index is 1470. The number of thioether (sulfide) groups is 1. The predicted octanol–water partition coefficient (Wildman–Crippen LogP) is 6.36. The van der Waals surface area contributed by atoms with E-state index < -0.39 is 6.29 Å². The molecule has 0 aromatic heterocycles. The number of carbonyl (C=O) groups excluding carboxylic acids is 1. The average Bonchev–Trinajstić information content (AvgIpc) is 3.08. The largest absolute Gasteiger partial charge is 0.396 e. The Hall–Kier alpha value is -3.66. The van der Waals surface area contributed by atoms with Crippen molar-refractivity contribution >= 4 is 17.8 Å². The maximum atomic E-state index is 12.3. The van der Waals surface area contributed by atoms with Gasteiger partial charge in [0, 0.05) is 36.1 Å². The second kappa shape index (κ2) is 15.9. The standard InChI is InChI=1S/C36H40N2O5S/c1-25-33(24-44-19-18-39)42-35(43-34(25)30-12-10-27(23-40)11-13-30)31-16-14-29(15-17-31)32-9-5-8-28(20-32)22-38-36(41)37-21-26-6-3-2-4-7-26/h2-17,20,25,33-35,39-40H,18-19,21-24H2,1H3,(H2,37,38,41)/t25-,33+,34+,35+/m0/s1. The van der Waals surface area contributed by atoms with Gasteiger partial charge in [-0.25, -0.2) is 4.79 Å². The number of urea groups is 1. The van der Waals surface area contributed by atoms with Crippen molar-refractivity contribution in [1.82, 2.24) is 10.6 Å². The van der Waals surface area contributed by atoms with Crippen molar-refractivity contribution in [2.75, 3.05) is 18.1 Å². The summed E-state index contributed by atoms with van der Waals surface area (Å²) in [4.78, 5) is 12.3. The Kier molecular flexibility index (Phi) is 11.5. The van der Waals surface area contributed by atoms with E-state index in [0.29, 0.717) is 18.8 Å². The molecule has 0 unspecified atom stereocenters. The molecule has 1 aliphatic rings. The Morgan fingerprint density at radius 3 is 2.14 bits per heavy atom. The van der Waals surface area contributed by atoms with Crippen molar-refractivity contribution in [3.05, 3.63) is 131 Å². The molecule has 0 radical (unpaired) electrons. The number of benzene rings is 4. The first kappa shape index (κ1) is 31.8.